The maximum absolute atomic E-state index is 12.4. The van der Waals surface area contributed by atoms with Crippen LogP contribution in [0.2, 0.25) is 0 Å². The average molecular weight is 420 g/mol. The molecule has 30 heavy (non-hydrogen) atoms. The zero-order chi connectivity index (χ0) is 20.9. The zero-order valence-corrected chi connectivity index (χ0v) is 17.2. The van der Waals surface area contributed by atoms with E-state index >= 15 is 0 Å². The summed E-state index contributed by atoms with van der Waals surface area (Å²) in [4.78, 5) is 24.6. The van der Waals surface area contributed by atoms with E-state index in [1.807, 2.05) is 59.5 Å². The van der Waals surface area contributed by atoms with Gasteiger partial charge in [0.15, 0.2) is 0 Å². The number of carbonyl (C=O) groups is 2. The molecule has 0 aliphatic rings. The number of nitrogens with one attached hydrogen (secondary N) is 2. The first-order chi connectivity index (χ1) is 14.6. The highest BCUT2D eigenvalue weighted by Gasteiger charge is 2.15. The van der Waals surface area contributed by atoms with E-state index < -0.39 is 0 Å². The van der Waals surface area contributed by atoms with Gasteiger partial charge in [-0.25, -0.2) is 0 Å². The van der Waals surface area contributed by atoms with Crippen LogP contribution in [0.15, 0.2) is 72.1 Å². The summed E-state index contributed by atoms with van der Waals surface area (Å²) < 4.78 is 8.61. The van der Waals surface area contributed by atoms with E-state index in [2.05, 4.69) is 10.6 Å². The third-order valence-electron chi connectivity index (χ3n) is 4.69. The van der Waals surface area contributed by atoms with Gasteiger partial charge in [-0.3, -0.25) is 9.59 Å². The molecule has 0 spiro atoms. The number of hydrogen-bond donors (Lipinski definition) is 2. The lowest BCUT2D eigenvalue weighted by Gasteiger charge is -2.09. The number of ether oxygens (including phenoxy) is 1. The fraction of sp³-hybridized carbons (Fsp3) is 0.130. The molecule has 0 saturated heterocycles. The Kier molecular flexibility index (Phi) is 5.81. The number of amides is 2. The number of hydrogen-bond acceptors (Lipinski definition) is 4. The van der Waals surface area contributed by atoms with E-state index in [-0.39, 0.29) is 18.4 Å². The van der Waals surface area contributed by atoms with E-state index in [0.717, 1.165) is 15.8 Å². The number of aryl methyl sites for hydroxylation is 1. The van der Waals surface area contributed by atoms with Crippen LogP contribution in [0.3, 0.4) is 0 Å². The lowest BCUT2D eigenvalue weighted by molar-refractivity contribution is -0.115. The average Bonchev–Trinajstić information content (AvgIpc) is 3.35. The Balaban J connectivity index is 1.27. The summed E-state index contributed by atoms with van der Waals surface area (Å²) in [6, 6.07) is 20.8. The van der Waals surface area contributed by atoms with Crippen LogP contribution < -0.4 is 15.4 Å². The molecule has 2 aromatic heterocycles. The highest BCUT2D eigenvalue weighted by atomic mass is 32.1. The van der Waals surface area contributed by atoms with Crippen LogP contribution >= 0.6 is 11.3 Å². The molecule has 2 heterocycles. The van der Waals surface area contributed by atoms with Crippen LogP contribution in [-0.2, 0) is 18.4 Å². The van der Waals surface area contributed by atoms with E-state index in [1.165, 1.54) is 0 Å². The molecule has 4 rings (SSSR count). The van der Waals surface area contributed by atoms with Gasteiger partial charge in [-0.15, -0.1) is 11.3 Å². The van der Waals surface area contributed by atoms with Crippen LogP contribution in [0.25, 0.3) is 10.2 Å². The van der Waals surface area contributed by atoms with Crippen molar-refractivity contribution in [2.45, 2.75) is 6.61 Å². The molecule has 0 saturated carbocycles. The Hall–Kier alpha value is -3.58. The second-order valence-electron chi connectivity index (χ2n) is 6.79. The van der Waals surface area contributed by atoms with Crippen molar-refractivity contribution < 1.29 is 14.3 Å². The minimum atomic E-state index is -0.294. The monoisotopic (exact) mass is 419 g/mol. The summed E-state index contributed by atoms with van der Waals surface area (Å²) in [5, 5.41) is 7.42. The number of benzene rings is 2. The first-order valence-corrected chi connectivity index (χ1v) is 10.4. The predicted molar refractivity (Wildman–Crippen MR) is 119 cm³/mol. The number of carbonyl (C=O) groups excluding carboxylic acids is 2. The summed E-state index contributed by atoms with van der Waals surface area (Å²) in [6.07, 6.45) is 0. The van der Waals surface area contributed by atoms with Gasteiger partial charge in [0.1, 0.15) is 18.1 Å². The van der Waals surface area contributed by atoms with Crippen LogP contribution in [0, 0.1) is 0 Å². The van der Waals surface area contributed by atoms with Crippen LogP contribution in [0.5, 0.6) is 5.75 Å². The smallest absolute Gasteiger partial charge is 0.268 e. The Morgan fingerprint density at radius 3 is 2.53 bits per heavy atom. The molecule has 4 aromatic rings. The summed E-state index contributed by atoms with van der Waals surface area (Å²) in [7, 11) is 1.84. The SMILES string of the molecule is Cn1c(C(=O)NCC(=O)Nc2ccc(OCc3ccccc3)cc2)cc2sccc21. The normalized spacial score (nSPS) is 10.7. The lowest BCUT2D eigenvalue weighted by Crippen LogP contribution is -2.33. The van der Waals surface area contributed by atoms with Crippen molar-refractivity contribution in [1.82, 2.24) is 9.88 Å². The van der Waals surface area contributed by atoms with Crippen molar-refractivity contribution in [2.75, 3.05) is 11.9 Å². The van der Waals surface area contributed by atoms with E-state index in [0.29, 0.717) is 23.7 Å². The molecule has 0 bridgehead atoms. The maximum atomic E-state index is 12.4. The fourth-order valence-corrected chi connectivity index (χ4v) is 3.95. The Morgan fingerprint density at radius 1 is 1.03 bits per heavy atom. The van der Waals surface area contributed by atoms with E-state index in [4.69, 9.17) is 4.74 Å². The van der Waals surface area contributed by atoms with Gasteiger partial charge in [0.25, 0.3) is 5.91 Å². The van der Waals surface area contributed by atoms with Crippen molar-refractivity contribution in [3.05, 3.63) is 83.4 Å². The van der Waals surface area contributed by atoms with Crippen LogP contribution in [0.1, 0.15) is 16.1 Å². The molecule has 2 amide bonds. The van der Waals surface area contributed by atoms with Gasteiger partial charge >= 0.3 is 0 Å². The van der Waals surface area contributed by atoms with Gasteiger partial charge < -0.3 is 19.9 Å². The Morgan fingerprint density at radius 2 is 1.80 bits per heavy atom. The number of nitrogens with zero attached hydrogens (tertiary/aromatic N) is 1. The maximum Gasteiger partial charge on any atom is 0.268 e. The van der Waals surface area contributed by atoms with Gasteiger partial charge in [-0.2, -0.15) is 0 Å². The highest BCUT2D eigenvalue weighted by Crippen LogP contribution is 2.24. The minimum Gasteiger partial charge on any atom is -0.489 e. The molecule has 0 atom stereocenters. The number of anilines is 1. The van der Waals surface area contributed by atoms with Crippen molar-refractivity contribution in [1.29, 1.82) is 0 Å². The molecule has 0 aliphatic heterocycles. The van der Waals surface area contributed by atoms with Crippen molar-refractivity contribution in [3.8, 4) is 5.75 Å². The topological polar surface area (TPSA) is 72.4 Å². The molecular weight excluding hydrogens is 398 g/mol. The summed E-state index contributed by atoms with van der Waals surface area (Å²) in [5.41, 5.74) is 3.26. The third-order valence-corrected chi connectivity index (χ3v) is 5.55. The van der Waals surface area contributed by atoms with E-state index in [1.54, 1.807) is 35.6 Å². The molecule has 0 fully saturated rings. The quantitative estimate of drug-likeness (QED) is 0.472. The molecular formula is C23H21N3O3S. The first-order valence-electron chi connectivity index (χ1n) is 9.48. The van der Waals surface area contributed by atoms with E-state index in [9.17, 15) is 9.59 Å². The van der Waals surface area contributed by atoms with Crippen molar-refractivity contribution >= 4 is 39.1 Å². The number of thiophene rings is 1. The Bertz CT molecular complexity index is 1160. The summed E-state index contributed by atoms with van der Waals surface area (Å²) in [6.45, 7) is 0.374. The highest BCUT2D eigenvalue weighted by molar-refractivity contribution is 7.17. The molecule has 7 heteroatoms. The second kappa shape index (κ2) is 8.84. The van der Waals surface area contributed by atoms with Crippen molar-refractivity contribution in [3.63, 3.8) is 0 Å². The second-order valence-corrected chi connectivity index (χ2v) is 7.74. The Labute approximate surface area is 178 Å². The third kappa shape index (κ3) is 4.52. The van der Waals surface area contributed by atoms with Gasteiger partial charge in [-0.1, -0.05) is 30.3 Å². The number of fused-ring (bicyclic) bond motifs is 1. The van der Waals surface area contributed by atoms with Gasteiger partial charge in [0.05, 0.1) is 16.8 Å². The largest absolute Gasteiger partial charge is 0.489 e. The van der Waals surface area contributed by atoms with Crippen molar-refractivity contribution in [2.24, 2.45) is 7.05 Å². The summed E-state index contributed by atoms with van der Waals surface area (Å²) in [5.74, 6) is 0.145. The molecule has 0 unspecified atom stereocenters. The molecule has 2 aromatic carbocycles. The molecule has 152 valence electrons. The first kappa shape index (κ1) is 19.7. The van der Waals surface area contributed by atoms with Crippen LogP contribution in [0.4, 0.5) is 5.69 Å². The van der Waals surface area contributed by atoms with Gasteiger partial charge in [-0.05, 0) is 47.3 Å². The fourth-order valence-electron chi connectivity index (χ4n) is 3.10. The molecule has 0 radical (unpaired) electrons. The minimum absolute atomic E-state index is 0.107. The van der Waals surface area contributed by atoms with Gasteiger partial charge in [0, 0.05) is 12.7 Å². The number of rotatable bonds is 7. The zero-order valence-electron chi connectivity index (χ0n) is 16.4. The van der Waals surface area contributed by atoms with Gasteiger partial charge in [0.2, 0.25) is 5.91 Å². The molecule has 2 N–H and O–H groups in total. The number of aromatic nitrogens is 1. The molecule has 0 aliphatic carbocycles. The predicted octanol–water partition coefficient (Wildman–Crippen LogP) is 4.19. The lowest BCUT2D eigenvalue weighted by atomic mass is 10.2. The summed E-state index contributed by atoms with van der Waals surface area (Å²) >= 11 is 1.58. The van der Waals surface area contributed by atoms with Crippen LogP contribution in [-0.4, -0.2) is 22.9 Å². The standard InChI is InChI=1S/C23H21N3O3S/c1-26-19-11-12-30-21(19)13-20(26)23(28)24-14-22(27)25-17-7-9-18(10-8-17)29-15-16-5-3-2-4-6-16/h2-13H,14-15H2,1H3,(H,24,28)(H,25,27). The molecule has 6 nitrogen and oxygen atoms in total.